The zero-order valence-electron chi connectivity index (χ0n) is 13.6. The molecular weight excluding hydrogens is 298 g/mol. The Morgan fingerprint density at radius 3 is 2.48 bits per heavy atom. The van der Waals surface area contributed by atoms with Crippen LogP contribution in [-0.4, -0.2) is 51.2 Å². The van der Waals surface area contributed by atoms with Crippen LogP contribution in [0.3, 0.4) is 0 Å². The van der Waals surface area contributed by atoms with Gasteiger partial charge in [-0.25, -0.2) is 0 Å². The zero-order valence-corrected chi connectivity index (χ0v) is 13.6. The van der Waals surface area contributed by atoms with Crippen molar-refractivity contribution in [3.8, 4) is 11.5 Å². The number of benzene rings is 1. The molecular formula is C16H24N3O4+. The molecule has 0 unspecified atom stereocenters. The molecule has 0 aliphatic carbocycles. The van der Waals surface area contributed by atoms with E-state index >= 15 is 0 Å². The third-order valence-corrected chi connectivity index (χ3v) is 3.77. The molecule has 0 bridgehead atoms. The summed E-state index contributed by atoms with van der Waals surface area (Å²) in [6.45, 7) is 8.44. The Balaban J connectivity index is 1.82. The number of ether oxygens (including phenoxy) is 2. The highest BCUT2D eigenvalue weighted by atomic mass is 16.6. The number of carbonyl (C=O) groups excluding carboxylic acids is 2. The summed E-state index contributed by atoms with van der Waals surface area (Å²) in [5, 5.41) is 5.20. The molecule has 0 aromatic heterocycles. The molecule has 1 aliphatic rings. The molecule has 7 heteroatoms. The van der Waals surface area contributed by atoms with Gasteiger partial charge in [-0.1, -0.05) is 0 Å². The van der Waals surface area contributed by atoms with Crippen LogP contribution < -0.4 is 25.0 Å². The van der Waals surface area contributed by atoms with Crippen LogP contribution in [0.5, 0.6) is 11.5 Å². The van der Waals surface area contributed by atoms with Crippen molar-refractivity contribution in [1.82, 2.24) is 5.32 Å². The second-order valence-corrected chi connectivity index (χ2v) is 5.28. The van der Waals surface area contributed by atoms with Crippen LogP contribution in [0, 0.1) is 0 Å². The molecule has 2 amide bonds. The number of carbonyl (C=O) groups is 2. The number of anilines is 1. The minimum Gasteiger partial charge on any atom is -0.486 e. The van der Waals surface area contributed by atoms with Crippen LogP contribution in [-0.2, 0) is 9.59 Å². The van der Waals surface area contributed by atoms with Crippen LogP contribution in [0.25, 0.3) is 0 Å². The maximum atomic E-state index is 11.9. The lowest BCUT2D eigenvalue weighted by atomic mass is 10.2. The quantitative estimate of drug-likeness (QED) is 0.613. The van der Waals surface area contributed by atoms with Crippen LogP contribution in [0.4, 0.5) is 5.69 Å². The van der Waals surface area contributed by atoms with Crippen molar-refractivity contribution in [2.75, 3.05) is 44.7 Å². The predicted octanol–water partition coefficient (Wildman–Crippen LogP) is -0.563. The molecule has 0 saturated heterocycles. The summed E-state index contributed by atoms with van der Waals surface area (Å²) in [7, 11) is 0. The molecule has 0 saturated carbocycles. The Morgan fingerprint density at radius 1 is 1.09 bits per heavy atom. The fourth-order valence-corrected chi connectivity index (χ4v) is 2.35. The molecule has 1 aromatic rings. The number of hydrogen-bond donors (Lipinski definition) is 3. The van der Waals surface area contributed by atoms with E-state index in [1.807, 2.05) is 0 Å². The molecule has 3 N–H and O–H groups in total. The van der Waals surface area contributed by atoms with Crippen molar-refractivity contribution in [2.45, 2.75) is 13.8 Å². The fourth-order valence-electron chi connectivity index (χ4n) is 2.35. The first kappa shape index (κ1) is 17.1. The number of nitrogens with one attached hydrogen (secondary N) is 3. The van der Waals surface area contributed by atoms with Crippen LogP contribution in [0.2, 0.25) is 0 Å². The van der Waals surface area contributed by atoms with Crippen molar-refractivity contribution in [3.05, 3.63) is 18.2 Å². The van der Waals surface area contributed by atoms with Gasteiger partial charge in [-0.15, -0.1) is 0 Å². The van der Waals surface area contributed by atoms with Crippen molar-refractivity contribution in [3.63, 3.8) is 0 Å². The average Bonchev–Trinajstić information content (AvgIpc) is 2.58. The smallest absolute Gasteiger partial charge is 0.313 e. The first-order chi connectivity index (χ1) is 11.1. The summed E-state index contributed by atoms with van der Waals surface area (Å²) in [4.78, 5) is 25.1. The molecule has 0 atom stereocenters. The van der Waals surface area contributed by atoms with Gasteiger partial charge in [0, 0.05) is 11.8 Å². The molecule has 23 heavy (non-hydrogen) atoms. The fraction of sp³-hybridized carbons (Fsp3) is 0.500. The Kier molecular flexibility index (Phi) is 6.22. The molecule has 7 nitrogen and oxygen atoms in total. The van der Waals surface area contributed by atoms with Crippen LogP contribution in [0.1, 0.15) is 13.8 Å². The summed E-state index contributed by atoms with van der Waals surface area (Å²) in [5.74, 6) is -0.108. The summed E-state index contributed by atoms with van der Waals surface area (Å²) >= 11 is 0. The van der Waals surface area contributed by atoms with Gasteiger partial charge < -0.3 is 25.0 Å². The van der Waals surface area contributed by atoms with E-state index in [1.165, 1.54) is 4.90 Å². The number of likely N-dealkylation sites (N-methyl/N-ethyl adjacent to an activating group) is 1. The Bertz CT molecular complexity index is 558. The van der Waals surface area contributed by atoms with Gasteiger partial charge in [0.25, 0.3) is 0 Å². The molecule has 2 rings (SSSR count). The molecule has 1 heterocycles. The van der Waals surface area contributed by atoms with E-state index in [4.69, 9.17) is 9.47 Å². The van der Waals surface area contributed by atoms with E-state index < -0.39 is 11.8 Å². The largest absolute Gasteiger partial charge is 0.486 e. The first-order valence-electron chi connectivity index (χ1n) is 7.96. The maximum absolute atomic E-state index is 11.9. The number of amides is 2. The van der Waals surface area contributed by atoms with Crippen molar-refractivity contribution in [2.24, 2.45) is 0 Å². The topological polar surface area (TPSA) is 81.1 Å². The highest BCUT2D eigenvalue weighted by molar-refractivity contribution is 6.39. The summed E-state index contributed by atoms with van der Waals surface area (Å²) in [6.07, 6.45) is 0. The van der Waals surface area contributed by atoms with E-state index in [0.29, 0.717) is 36.9 Å². The summed E-state index contributed by atoms with van der Waals surface area (Å²) in [6, 6.07) is 5.05. The maximum Gasteiger partial charge on any atom is 0.313 e. The van der Waals surface area contributed by atoms with Crippen LogP contribution >= 0.6 is 0 Å². The molecule has 0 fully saturated rings. The van der Waals surface area contributed by atoms with Gasteiger partial charge in [0.2, 0.25) is 0 Å². The van der Waals surface area contributed by atoms with Crippen molar-refractivity contribution >= 4 is 17.5 Å². The Morgan fingerprint density at radius 2 is 1.78 bits per heavy atom. The normalized spacial score (nSPS) is 12.8. The lowest BCUT2D eigenvalue weighted by Gasteiger charge is -2.19. The van der Waals surface area contributed by atoms with E-state index in [0.717, 1.165) is 19.6 Å². The highest BCUT2D eigenvalue weighted by Gasteiger charge is 2.16. The number of hydrogen-bond acceptors (Lipinski definition) is 4. The van der Waals surface area contributed by atoms with E-state index in [-0.39, 0.29) is 0 Å². The Hall–Kier alpha value is -2.28. The minimum absolute atomic E-state index is 0.471. The molecule has 0 radical (unpaired) electrons. The number of rotatable bonds is 6. The number of quaternary nitrogens is 1. The first-order valence-corrected chi connectivity index (χ1v) is 7.96. The van der Waals surface area contributed by atoms with Crippen molar-refractivity contribution in [1.29, 1.82) is 0 Å². The molecule has 126 valence electrons. The SMILES string of the molecule is CC[NH+](CC)CCNC(=O)C(=O)Nc1ccc2c(c1)OCCO2. The Labute approximate surface area is 135 Å². The van der Waals surface area contributed by atoms with Gasteiger partial charge >= 0.3 is 11.8 Å². The van der Waals surface area contributed by atoms with E-state index in [1.54, 1.807) is 18.2 Å². The van der Waals surface area contributed by atoms with E-state index in [9.17, 15) is 9.59 Å². The third kappa shape index (κ3) is 4.85. The van der Waals surface area contributed by atoms with Crippen LogP contribution in [0.15, 0.2) is 18.2 Å². The zero-order chi connectivity index (χ0) is 16.7. The third-order valence-electron chi connectivity index (χ3n) is 3.77. The average molecular weight is 322 g/mol. The highest BCUT2D eigenvalue weighted by Crippen LogP contribution is 2.32. The van der Waals surface area contributed by atoms with Gasteiger partial charge in [0.05, 0.1) is 26.2 Å². The second-order valence-electron chi connectivity index (χ2n) is 5.28. The number of fused-ring (bicyclic) bond motifs is 1. The predicted molar refractivity (Wildman–Crippen MR) is 86.0 cm³/mol. The second kappa shape index (κ2) is 8.38. The standard InChI is InChI=1S/C16H23N3O4/c1-3-19(4-2)8-7-17-15(20)16(21)18-12-5-6-13-14(11-12)23-10-9-22-13/h5-6,11H,3-4,7-10H2,1-2H3,(H,17,20)(H,18,21)/p+1. The summed E-state index contributed by atoms with van der Waals surface area (Å²) < 4.78 is 10.9. The minimum atomic E-state index is -0.684. The lowest BCUT2D eigenvalue weighted by molar-refractivity contribution is -0.895. The monoisotopic (exact) mass is 322 g/mol. The molecule has 1 aliphatic heterocycles. The molecule has 1 aromatic carbocycles. The van der Waals surface area contributed by atoms with Gasteiger partial charge in [-0.2, -0.15) is 0 Å². The van der Waals surface area contributed by atoms with Gasteiger partial charge in [0.15, 0.2) is 11.5 Å². The lowest BCUT2D eigenvalue weighted by Crippen LogP contribution is -3.12. The summed E-state index contributed by atoms with van der Waals surface area (Å²) in [5.41, 5.74) is 0.503. The van der Waals surface area contributed by atoms with Gasteiger partial charge in [-0.3, -0.25) is 9.59 Å². The van der Waals surface area contributed by atoms with Gasteiger partial charge in [-0.05, 0) is 26.0 Å². The van der Waals surface area contributed by atoms with Gasteiger partial charge in [0.1, 0.15) is 13.2 Å². The van der Waals surface area contributed by atoms with E-state index in [2.05, 4.69) is 24.5 Å². The van der Waals surface area contributed by atoms with Crippen molar-refractivity contribution < 1.29 is 24.0 Å². The molecule has 0 spiro atoms.